The number of piperazine rings is 1. The zero-order chi connectivity index (χ0) is 47.7. The lowest BCUT2D eigenvalue weighted by Crippen LogP contribution is -2.53. The number of hydrogen-bond donors (Lipinski definition) is 4. The number of sulfonamides is 1. The van der Waals surface area contributed by atoms with Gasteiger partial charge in [-0.3, -0.25) is 44.2 Å². The maximum absolute atomic E-state index is 14.7. The van der Waals surface area contributed by atoms with Crippen LogP contribution in [0.3, 0.4) is 0 Å². The molecule has 1 atom stereocenters. The number of imide groups is 1. The fourth-order valence-corrected chi connectivity index (χ4v) is 10.2. The standard InChI is InChI=1S/C46H52ClFN12O7S/c1-4-27-21-35(53-46-51-25-32(47)43(55-46)52-34-6-5-33-41(50-12-11-49-33)42(34)56-68(3,64)65)39(66-2)24-37(27)59-13-9-29(10-14-59)58-17-15-57(16-18-58)19-20-67-38-23-28(48)22-30-31(38)26-60(45(30)63)36-7-8-40(61)54-44(36)62/h5-6,11-12,21-25,29,36,56H,4,7-10,13-20,26H2,1-3H3,(H,54,61,62)(H2,51,52,53,55). The topological polar surface area (TPSA) is 216 Å². The predicted octanol–water partition coefficient (Wildman–Crippen LogP) is 5.07. The molecule has 3 aromatic carbocycles. The Morgan fingerprint density at radius 2 is 1.71 bits per heavy atom. The van der Waals surface area contributed by atoms with Gasteiger partial charge in [-0.25, -0.2) is 17.8 Å². The number of nitrogens with one attached hydrogen (secondary N) is 4. The molecule has 4 aliphatic heterocycles. The molecule has 0 aliphatic carbocycles. The van der Waals surface area contributed by atoms with E-state index in [9.17, 15) is 27.2 Å². The second-order valence-corrected chi connectivity index (χ2v) is 19.4. The minimum atomic E-state index is -3.68. The van der Waals surface area contributed by atoms with Gasteiger partial charge >= 0.3 is 0 Å². The molecule has 0 bridgehead atoms. The second-order valence-electron chi connectivity index (χ2n) is 17.2. The van der Waals surface area contributed by atoms with Crippen molar-refractivity contribution in [3.8, 4) is 11.5 Å². The Morgan fingerprint density at radius 1 is 0.926 bits per heavy atom. The second kappa shape index (κ2) is 19.7. The van der Waals surface area contributed by atoms with E-state index in [-0.39, 0.29) is 53.3 Å². The normalized spacial score (nSPS) is 18.4. The lowest BCUT2D eigenvalue weighted by molar-refractivity contribution is -0.136. The van der Waals surface area contributed by atoms with Gasteiger partial charge in [0.15, 0.2) is 5.82 Å². The Balaban J connectivity index is 0.786. The van der Waals surface area contributed by atoms with E-state index in [1.165, 1.54) is 35.6 Å². The van der Waals surface area contributed by atoms with Crippen molar-refractivity contribution in [2.75, 3.05) is 86.0 Å². The van der Waals surface area contributed by atoms with E-state index in [1.54, 1.807) is 19.2 Å². The van der Waals surface area contributed by atoms with Gasteiger partial charge in [-0.1, -0.05) is 18.5 Å². The number of fused-ring (bicyclic) bond motifs is 2. The number of aromatic nitrogens is 4. The smallest absolute Gasteiger partial charge is 0.255 e. The molecule has 68 heavy (non-hydrogen) atoms. The van der Waals surface area contributed by atoms with E-state index in [4.69, 9.17) is 21.1 Å². The Labute approximate surface area is 397 Å². The van der Waals surface area contributed by atoms with Crippen LogP contribution in [0.1, 0.15) is 54.1 Å². The van der Waals surface area contributed by atoms with Crippen molar-refractivity contribution in [2.24, 2.45) is 0 Å². The molecule has 1 unspecified atom stereocenters. The number of methoxy groups -OCH3 is 1. The first-order valence-electron chi connectivity index (χ1n) is 22.6. The molecule has 3 fully saturated rings. The highest BCUT2D eigenvalue weighted by molar-refractivity contribution is 7.92. The highest BCUT2D eigenvalue weighted by atomic mass is 35.5. The summed E-state index contributed by atoms with van der Waals surface area (Å²) in [5.74, 6) is -0.503. The minimum absolute atomic E-state index is 0.118. The number of hydrogen-bond acceptors (Lipinski definition) is 16. The number of nitrogens with zero attached hydrogens (tertiary/aromatic N) is 8. The van der Waals surface area contributed by atoms with Crippen LogP contribution >= 0.6 is 11.6 Å². The van der Waals surface area contributed by atoms with Gasteiger partial charge in [0.1, 0.15) is 40.5 Å². The first-order chi connectivity index (χ1) is 32.7. The van der Waals surface area contributed by atoms with Crippen LogP contribution in [0.4, 0.5) is 38.9 Å². The number of aryl methyl sites for hydroxylation is 1. The summed E-state index contributed by atoms with van der Waals surface area (Å²) < 4.78 is 53.9. The van der Waals surface area contributed by atoms with E-state index in [0.29, 0.717) is 58.7 Å². The quantitative estimate of drug-likeness (QED) is 0.101. The molecule has 2 aromatic heterocycles. The van der Waals surface area contributed by atoms with Crippen molar-refractivity contribution in [1.29, 1.82) is 0 Å². The molecular formula is C46H52ClFN12O7S. The van der Waals surface area contributed by atoms with Crippen molar-refractivity contribution >= 4 is 84.9 Å². The van der Waals surface area contributed by atoms with Crippen molar-refractivity contribution in [3.05, 3.63) is 82.5 Å². The number of carbonyl (C=O) groups is 3. The van der Waals surface area contributed by atoms with Crippen LogP contribution in [-0.4, -0.2) is 139 Å². The summed E-state index contributed by atoms with van der Waals surface area (Å²) in [6, 6.07) is 9.65. The molecule has 6 heterocycles. The Bertz CT molecular complexity index is 2880. The number of anilines is 6. The van der Waals surface area contributed by atoms with Crippen LogP contribution in [0.5, 0.6) is 11.5 Å². The molecule has 0 saturated carbocycles. The van der Waals surface area contributed by atoms with Crippen LogP contribution in [0.2, 0.25) is 5.02 Å². The van der Waals surface area contributed by atoms with Crippen molar-refractivity contribution in [1.82, 2.24) is 40.0 Å². The lowest BCUT2D eigenvalue weighted by Gasteiger charge is -2.43. The average Bonchev–Trinajstić information content (AvgIpc) is 3.65. The average molecular weight is 972 g/mol. The van der Waals surface area contributed by atoms with Crippen molar-refractivity contribution in [3.63, 3.8) is 0 Å². The van der Waals surface area contributed by atoms with Crippen LogP contribution in [0.25, 0.3) is 11.0 Å². The maximum atomic E-state index is 14.7. The van der Waals surface area contributed by atoms with Gasteiger partial charge in [0, 0.05) is 94.1 Å². The zero-order valence-electron chi connectivity index (χ0n) is 37.8. The summed E-state index contributed by atoms with van der Waals surface area (Å²) in [7, 11) is -2.06. The molecule has 0 radical (unpaired) electrons. The van der Waals surface area contributed by atoms with Crippen LogP contribution < -0.4 is 35.0 Å². The third-order valence-electron chi connectivity index (χ3n) is 12.9. The van der Waals surface area contributed by atoms with Gasteiger partial charge in [-0.05, 0) is 55.5 Å². The van der Waals surface area contributed by atoms with Gasteiger partial charge < -0.3 is 29.9 Å². The molecule has 0 spiro atoms. The van der Waals surface area contributed by atoms with Crippen LogP contribution in [0, 0.1) is 5.82 Å². The molecule has 358 valence electrons. The van der Waals surface area contributed by atoms with Crippen molar-refractivity contribution in [2.45, 2.75) is 57.7 Å². The third-order valence-corrected chi connectivity index (χ3v) is 13.8. The highest BCUT2D eigenvalue weighted by Gasteiger charge is 2.41. The maximum Gasteiger partial charge on any atom is 0.255 e. The number of ether oxygens (including phenoxy) is 2. The molecular weight excluding hydrogens is 919 g/mol. The van der Waals surface area contributed by atoms with Gasteiger partial charge in [0.05, 0.1) is 54.2 Å². The predicted molar refractivity (Wildman–Crippen MR) is 255 cm³/mol. The van der Waals surface area contributed by atoms with Crippen LogP contribution in [-0.2, 0) is 32.6 Å². The monoisotopic (exact) mass is 970 g/mol. The summed E-state index contributed by atoms with van der Waals surface area (Å²) in [5, 5.41) is 8.96. The third kappa shape index (κ3) is 10.1. The number of rotatable bonds is 15. The molecule has 9 rings (SSSR count). The number of piperidine rings is 2. The molecule has 5 aromatic rings. The van der Waals surface area contributed by atoms with E-state index in [0.717, 1.165) is 76.0 Å². The lowest BCUT2D eigenvalue weighted by atomic mass is 9.99. The van der Waals surface area contributed by atoms with E-state index in [2.05, 4.69) is 74.4 Å². The molecule has 3 amide bonds. The van der Waals surface area contributed by atoms with Gasteiger partial charge in [-0.2, -0.15) is 4.98 Å². The number of amides is 3. The molecule has 4 aliphatic rings. The number of halogens is 2. The summed E-state index contributed by atoms with van der Waals surface area (Å²) in [4.78, 5) is 63.9. The molecule has 22 heteroatoms. The first kappa shape index (κ1) is 46.7. The number of carbonyl (C=O) groups excluding carboxylic acids is 3. The van der Waals surface area contributed by atoms with E-state index < -0.39 is 33.7 Å². The summed E-state index contributed by atoms with van der Waals surface area (Å²) in [6.45, 7) is 8.54. The van der Waals surface area contributed by atoms with Gasteiger partial charge in [0.25, 0.3) is 5.91 Å². The Hall–Kier alpha value is -6.42. The van der Waals surface area contributed by atoms with E-state index in [1.807, 2.05) is 0 Å². The summed E-state index contributed by atoms with van der Waals surface area (Å²) in [6.07, 6.45) is 8.68. The summed E-state index contributed by atoms with van der Waals surface area (Å²) >= 11 is 6.56. The van der Waals surface area contributed by atoms with Gasteiger partial charge in [-0.15, -0.1) is 0 Å². The fraction of sp³-hybridized carbons (Fsp3) is 0.413. The molecule has 4 N–H and O–H groups in total. The Kier molecular flexibility index (Phi) is 13.5. The zero-order valence-corrected chi connectivity index (χ0v) is 39.4. The highest BCUT2D eigenvalue weighted by Crippen LogP contribution is 2.39. The number of benzene rings is 3. The molecule has 19 nitrogen and oxygen atoms in total. The largest absolute Gasteiger partial charge is 0.494 e. The molecule has 3 saturated heterocycles. The van der Waals surface area contributed by atoms with Crippen LogP contribution in [0.15, 0.2) is 55.0 Å². The summed E-state index contributed by atoms with van der Waals surface area (Å²) in [5.41, 5.74) is 5.09. The minimum Gasteiger partial charge on any atom is -0.494 e. The fourth-order valence-electron chi connectivity index (χ4n) is 9.48. The van der Waals surface area contributed by atoms with E-state index >= 15 is 0 Å². The van der Waals surface area contributed by atoms with Crippen molar-refractivity contribution < 1.29 is 36.7 Å². The first-order valence-corrected chi connectivity index (χ1v) is 24.8. The van der Waals surface area contributed by atoms with Gasteiger partial charge in [0.2, 0.25) is 27.8 Å². The SMILES string of the molecule is CCc1cc(Nc2ncc(Cl)c(Nc3ccc4nccnc4c3NS(C)(=O)=O)n2)c(OC)cc1N1CCC(N2CCN(CCOc3cc(F)cc4c3CN(C3CCC(=O)NC3=O)C4=O)CC2)CC1. The Morgan fingerprint density at radius 3 is 2.44 bits per heavy atom.